The summed E-state index contributed by atoms with van der Waals surface area (Å²) in [5.41, 5.74) is 2.48. The van der Waals surface area contributed by atoms with Gasteiger partial charge in [0.15, 0.2) is 11.5 Å². The molecule has 1 N–H and O–H groups in total. The fourth-order valence-corrected chi connectivity index (χ4v) is 3.11. The van der Waals surface area contributed by atoms with Crippen LogP contribution in [0.5, 0.6) is 11.5 Å². The second-order valence-electron chi connectivity index (χ2n) is 6.28. The zero-order chi connectivity index (χ0) is 16.0. The van der Waals surface area contributed by atoms with Gasteiger partial charge in [0.25, 0.3) is 0 Å². The number of anilines is 1. The lowest BCUT2D eigenvalue weighted by Gasteiger charge is -2.16. The molecule has 0 radical (unpaired) electrons. The zero-order valence-electron chi connectivity index (χ0n) is 13.2. The summed E-state index contributed by atoms with van der Waals surface area (Å²) in [5, 5.41) is 2.97. The van der Waals surface area contributed by atoms with E-state index in [1.165, 1.54) is 0 Å². The molecule has 1 aromatic carbocycles. The van der Waals surface area contributed by atoms with E-state index < -0.39 is 5.41 Å². The molecule has 1 aromatic heterocycles. The van der Waals surface area contributed by atoms with Crippen LogP contribution in [0.25, 0.3) is 0 Å². The highest BCUT2D eigenvalue weighted by Gasteiger charge is 2.51. The van der Waals surface area contributed by atoms with E-state index in [1.54, 1.807) is 0 Å². The Morgan fingerprint density at radius 1 is 1.13 bits per heavy atom. The van der Waals surface area contributed by atoms with Gasteiger partial charge in [-0.1, -0.05) is 6.07 Å². The number of nitrogens with one attached hydrogen (secondary N) is 1. The van der Waals surface area contributed by atoms with Crippen molar-refractivity contribution in [2.24, 2.45) is 0 Å². The maximum absolute atomic E-state index is 12.8. The average molecular weight is 310 g/mol. The van der Waals surface area contributed by atoms with E-state index in [4.69, 9.17) is 9.47 Å². The van der Waals surface area contributed by atoms with E-state index in [2.05, 4.69) is 10.3 Å². The lowest BCUT2D eigenvalue weighted by molar-refractivity contribution is -0.118. The van der Waals surface area contributed by atoms with Gasteiger partial charge < -0.3 is 14.8 Å². The Balaban J connectivity index is 1.60. The molecular formula is C18H18N2O3. The number of aromatic nitrogens is 1. The second-order valence-corrected chi connectivity index (χ2v) is 6.28. The molecule has 2 aliphatic rings. The van der Waals surface area contributed by atoms with Crippen LogP contribution in [0, 0.1) is 13.8 Å². The molecule has 1 aliphatic carbocycles. The molecule has 1 fully saturated rings. The fourth-order valence-electron chi connectivity index (χ4n) is 3.11. The molecule has 23 heavy (non-hydrogen) atoms. The van der Waals surface area contributed by atoms with Crippen LogP contribution in [0.1, 0.15) is 29.7 Å². The minimum Gasteiger partial charge on any atom is -0.454 e. The number of hydrogen-bond donors (Lipinski definition) is 1. The standard InChI is InChI=1S/C18H18N2O3/c1-11-7-12(2)19-16(8-11)20-17(21)18(5-6-18)13-3-4-14-15(9-13)23-10-22-14/h3-4,7-9H,5-6,10H2,1-2H3,(H,19,20,21). The Kier molecular flexibility index (Phi) is 3.04. The highest BCUT2D eigenvalue weighted by molar-refractivity contribution is 6.01. The predicted molar refractivity (Wildman–Crippen MR) is 85.8 cm³/mol. The normalized spacial score (nSPS) is 17.0. The first-order chi connectivity index (χ1) is 11.1. The number of rotatable bonds is 3. The first-order valence-electron chi connectivity index (χ1n) is 7.74. The Morgan fingerprint density at radius 2 is 1.91 bits per heavy atom. The summed E-state index contributed by atoms with van der Waals surface area (Å²) in [5.74, 6) is 2.06. The van der Waals surface area contributed by atoms with Crippen molar-refractivity contribution in [1.29, 1.82) is 0 Å². The van der Waals surface area contributed by atoms with Gasteiger partial charge >= 0.3 is 0 Å². The molecular weight excluding hydrogens is 292 g/mol. The molecule has 0 spiro atoms. The van der Waals surface area contributed by atoms with Crippen molar-refractivity contribution in [3.8, 4) is 11.5 Å². The Bertz CT molecular complexity index is 777. The van der Waals surface area contributed by atoms with E-state index in [0.29, 0.717) is 11.6 Å². The maximum Gasteiger partial charge on any atom is 0.236 e. The summed E-state index contributed by atoms with van der Waals surface area (Å²) in [6.07, 6.45) is 1.67. The molecule has 0 bridgehead atoms. The first kappa shape index (κ1) is 14.1. The van der Waals surface area contributed by atoms with Crippen LogP contribution in [0.4, 0.5) is 5.82 Å². The number of hydrogen-bond acceptors (Lipinski definition) is 4. The minimum absolute atomic E-state index is 0.00568. The van der Waals surface area contributed by atoms with Crippen molar-refractivity contribution < 1.29 is 14.3 Å². The van der Waals surface area contributed by atoms with Crippen LogP contribution < -0.4 is 14.8 Å². The quantitative estimate of drug-likeness (QED) is 0.946. The third-order valence-electron chi connectivity index (χ3n) is 4.45. The number of nitrogens with zero attached hydrogens (tertiary/aromatic N) is 1. The van der Waals surface area contributed by atoms with Gasteiger partial charge in [-0.3, -0.25) is 4.79 Å². The van der Waals surface area contributed by atoms with Crippen LogP contribution >= 0.6 is 0 Å². The van der Waals surface area contributed by atoms with E-state index >= 15 is 0 Å². The van der Waals surface area contributed by atoms with Crippen LogP contribution in [0.2, 0.25) is 0 Å². The van der Waals surface area contributed by atoms with Gasteiger partial charge in [-0.2, -0.15) is 0 Å². The highest BCUT2D eigenvalue weighted by atomic mass is 16.7. The van der Waals surface area contributed by atoms with E-state index in [-0.39, 0.29) is 12.7 Å². The van der Waals surface area contributed by atoms with Crippen molar-refractivity contribution in [2.45, 2.75) is 32.1 Å². The Morgan fingerprint density at radius 3 is 2.65 bits per heavy atom. The van der Waals surface area contributed by atoms with Crippen LogP contribution in [-0.2, 0) is 10.2 Å². The van der Waals surface area contributed by atoms with Gasteiger partial charge in [0.05, 0.1) is 5.41 Å². The van der Waals surface area contributed by atoms with Crippen molar-refractivity contribution in [2.75, 3.05) is 12.1 Å². The molecule has 118 valence electrons. The summed E-state index contributed by atoms with van der Waals surface area (Å²) in [7, 11) is 0. The molecule has 0 atom stereocenters. The summed E-state index contributed by atoms with van der Waals surface area (Å²) in [6.45, 7) is 4.16. The number of ether oxygens (including phenoxy) is 2. The predicted octanol–water partition coefficient (Wildman–Crippen LogP) is 3.10. The number of fused-ring (bicyclic) bond motifs is 1. The number of carbonyl (C=O) groups excluding carboxylic acids is 1. The summed E-state index contributed by atoms with van der Waals surface area (Å²) in [4.78, 5) is 17.2. The molecule has 1 amide bonds. The molecule has 5 heteroatoms. The number of benzene rings is 1. The fraction of sp³-hybridized carbons (Fsp3) is 0.333. The van der Waals surface area contributed by atoms with Crippen LogP contribution in [0.3, 0.4) is 0 Å². The molecule has 5 nitrogen and oxygen atoms in total. The highest BCUT2D eigenvalue weighted by Crippen LogP contribution is 2.51. The second kappa shape index (κ2) is 4.98. The Hall–Kier alpha value is -2.56. The molecule has 0 saturated heterocycles. The molecule has 0 unspecified atom stereocenters. The van der Waals surface area contributed by atoms with Gasteiger partial charge in [0.2, 0.25) is 12.7 Å². The lowest BCUT2D eigenvalue weighted by atomic mass is 9.94. The smallest absolute Gasteiger partial charge is 0.236 e. The van der Waals surface area contributed by atoms with Gasteiger partial charge in [-0.25, -0.2) is 4.98 Å². The van der Waals surface area contributed by atoms with Gasteiger partial charge in [-0.05, 0) is 62.1 Å². The molecule has 1 saturated carbocycles. The molecule has 1 aliphatic heterocycles. The third-order valence-corrected chi connectivity index (χ3v) is 4.45. The Labute approximate surface area is 134 Å². The summed E-state index contributed by atoms with van der Waals surface area (Å²) < 4.78 is 10.8. The summed E-state index contributed by atoms with van der Waals surface area (Å²) in [6, 6.07) is 9.62. The lowest BCUT2D eigenvalue weighted by Crippen LogP contribution is -2.28. The number of carbonyl (C=O) groups is 1. The van der Waals surface area contributed by atoms with E-state index in [1.807, 2.05) is 44.2 Å². The van der Waals surface area contributed by atoms with Crippen molar-refractivity contribution in [1.82, 2.24) is 4.98 Å². The van der Waals surface area contributed by atoms with Crippen LogP contribution in [-0.4, -0.2) is 17.7 Å². The van der Waals surface area contributed by atoms with E-state index in [9.17, 15) is 4.79 Å². The van der Waals surface area contributed by atoms with E-state index in [0.717, 1.165) is 35.4 Å². The SMILES string of the molecule is Cc1cc(C)nc(NC(=O)C2(c3ccc4c(c3)OCO4)CC2)c1. The first-order valence-corrected chi connectivity index (χ1v) is 7.74. The number of pyridine rings is 1. The topological polar surface area (TPSA) is 60.5 Å². The summed E-state index contributed by atoms with van der Waals surface area (Å²) >= 11 is 0. The average Bonchev–Trinajstić information content (AvgIpc) is 3.18. The van der Waals surface area contributed by atoms with Crippen molar-refractivity contribution in [3.63, 3.8) is 0 Å². The zero-order valence-corrected chi connectivity index (χ0v) is 13.2. The van der Waals surface area contributed by atoms with Crippen molar-refractivity contribution >= 4 is 11.7 Å². The monoisotopic (exact) mass is 310 g/mol. The number of aryl methyl sites for hydroxylation is 2. The molecule has 2 heterocycles. The molecule has 2 aromatic rings. The van der Waals surface area contributed by atoms with Crippen molar-refractivity contribution in [3.05, 3.63) is 47.2 Å². The third kappa shape index (κ3) is 2.42. The van der Waals surface area contributed by atoms with Gasteiger partial charge in [0, 0.05) is 5.69 Å². The van der Waals surface area contributed by atoms with Gasteiger partial charge in [0.1, 0.15) is 5.82 Å². The maximum atomic E-state index is 12.8. The molecule has 4 rings (SSSR count). The minimum atomic E-state index is -0.472. The van der Waals surface area contributed by atoms with Crippen LogP contribution in [0.15, 0.2) is 30.3 Å². The van der Waals surface area contributed by atoms with Gasteiger partial charge in [-0.15, -0.1) is 0 Å². The largest absolute Gasteiger partial charge is 0.454 e. The number of amides is 1.